The van der Waals surface area contributed by atoms with Crippen LogP contribution in [0, 0.1) is 0 Å². The zero-order valence-electron chi connectivity index (χ0n) is 12.8. The predicted molar refractivity (Wildman–Crippen MR) is 77.5 cm³/mol. The van der Waals surface area contributed by atoms with Crippen molar-refractivity contribution in [3.63, 3.8) is 0 Å². The fourth-order valence-electron chi connectivity index (χ4n) is 4.32. The van der Waals surface area contributed by atoms with E-state index in [1.165, 1.54) is 30.4 Å². The van der Waals surface area contributed by atoms with Crippen molar-refractivity contribution < 1.29 is 21.7 Å². The second kappa shape index (κ2) is 5.01. The number of piperidine rings is 1. The van der Waals surface area contributed by atoms with E-state index in [0.29, 0.717) is 11.0 Å². The van der Waals surface area contributed by atoms with Gasteiger partial charge in [0.05, 0.1) is 19.0 Å². The standard InChI is InChI=1S/C15H22N.BF4/c1-4-15(13-8-6-5-7-9-13)10-11-16(3)12-14(15,16)2;2-1(3,4)5/h5-9H,4,10-12H2,1-3H3;/q+1;-1. The van der Waals surface area contributed by atoms with Crippen molar-refractivity contribution in [3.05, 3.63) is 35.9 Å². The summed E-state index contributed by atoms with van der Waals surface area (Å²) in [6, 6.07) is 11.2. The molecule has 0 N–H and O–H groups in total. The summed E-state index contributed by atoms with van der Waals surface area (Å²) in [5, 5.41) is 0. The maximum Gasteiger partial charge on any atom is 0.673 e. The van der Waals surface area contributed by atoms with Crippen LogP contribution in [0.2, 0.25) is 0 Å². The highest BCUT2D eigenvalue weighted by Gasteiger charge is 2.77. The number of quaternary nitrogens is 1. The summed E-state index contributed by atoms with van der Waals surface area (Å²) in [6.07, 6.45) is 2.64. The van der Waals surface area contributed by atoms with Crippen LogP contribution in [0.25, 0.3) is 0 Å². The minimum absolute atomic E-state index is 0.434. The van der Waals surface area contributed by atoms with Crippen molar-refractivity contribution in [1.82, 2.24) is 0 Å². The summed E-state index contributed by atoms with van der Waals surface area (Å²) in [5.74, 6) is 0. The third kappa shape index (κ3) is 2.70. The summed E-state index contributed by atoms with van der Waals surface area (Å²) in [4.78, 5) is 0. The smallest absolute Gasteiger partial charge is 0.418 e. The van der Waals surface area contributed by atoms with Gasteiger partial charge in [-0.1, -0.05) is 37.3 Å². The normalized spacial score (nSPS) is 37.5. The molecule has 3 unspecified atom stereocenters. The Morgan fingerprint density at radius 2 is 1.67 bits per heavy atom. The first-order chi connectivity index (χ1) is 9.58. The van der Waals surface area contributed by atoms with Crippen molar-refractivity contribution in [1.29, 1.82) is 0 Å². The molecule has 118 valence electrons. The van der Waals surface area contributed by atoms with Gasteiger partial charge in [-0.15, -0.1) is 0 Å². The Bertz CT molecular complexity index is 496. The Morgan fingerprint density at radius 1 is 1.14 bits per heavy atom. The molecule has 21 heavy (non-hydrogen) atoms. The van der Waals surface area contributed by atoms with Gasteiger partial charge in [-0.3, -0.25) is 0 Å². The van der Waals surface area contributed by atoms with E-state index in [-0.39, 0.29) is 0 Å². The minimum atomic E-state index is -6.00. The van der Waals surface area contributed by atoms with Crippen LogP contribution in [0.5, 0.6) is 0 Å². The maximum absolute atomic E-state index is 9.75. The largest absolute Gasteiger partial charge is 0.673 e. The van der Waals surface area contributed by atoms with Gasteiger partial charge in [-0.2, -0.15) is 0 Å². The quantitative estimate of drug-likeness (QED) is 0.331. The SMILES string of the molecule is CCC1(c2ccccc2)CC[N+]2(C)CC12C.F[B-](F)(F)F. The Kier molecular flexibility index (Phi) is 3.89. The van der Waals surface area contributed by atoms with Gasteiger partial charge in [0.15, 0.2) is 5.54 Å². The zero-order chi connectivity index (χ0) is 15.9. The maximum atomic E-state index is 9.75. The summed E-state index contributed by atoms with van der Waals surface area (Å²) in [7, 11) is -3.57. The van der Waals surface area contributed by atoms with Crippen LogP contribution in [-0.2, 0) is 5.41 Å². The average Bonchev–Trinajstić information content (AvgIpc) is 2.86. The molecule has 0 aromatic heterocycles. The molecular weight excluding hydrogens is 281 g/mol. The van der Waals surface area contributed by atoms with Gasteiger partial charge in [0.25, 0.3) is 0 Å². The third-order valence-electron chi connectivity index (χ3n) is 5.74. The van der Waals surface area contributed by atoms with Crippen LogP contribution in [0.1, 0.15) is 32.3 Å². The lowest BCUT2D eigenvalue weighted by atomic mass is 9.68. The van der Waals surface area contributed by atoms with Crippen LogP contribution in [-0.4, -0.2) is 37.4 Å². The summed E-state index contributed by atoms with van der Waals surface area (Å²) in [5.41, 5.74) is 2.51. The van der Waals surface area contributed by atoms with E-state index in [2.05, 4.69) is 51.2 Å². The first-order valence-corrected chi connectivity index (χ1v) is 7.35. The number of hydrogen-bond donors (Lipinski definition) is 0. The molecule has 2 aliphatic rings. The first kappa shape index (κ1) is 16.3. The second-order valence-electron chi connectivity index (χ2n) is 6.60. The molecule has 2 saturated heterocycles. The molecule has 0 aliphatic carbocycles. The molecule has 1 aromatic carbocycles. The van der Waals surface area contributed by atoms with E-state index in [1.54, 1.807) is 5.56 Å². The van der Waals surface area contributed by atoms with Gasteiger partial charge in [0, 0.05) is 6.42 Å². The number of rotatable bonds is 2. The number of likely N-dealkylation sites (N-methyl/N-ethyl adjacent to an activating group) is 1. The average molecular weight is 303 g/mol. The van der Waals surface area contributed by atoms with Crippen molar-refractivity contribution in [2.75, 3.05) is 20.1 Å². The first-order valence-electron chi connectivity index (χ1n) is 7.35. The Labute approximate surface area is 123 Å². The van der Waals surface area contributed by atoms with E-state index in [9.17, 15) is 17.3 Å². The number of nitrogens with zero attached hydrogens (tertiary/aromatic N) is 1. The van der Waals surface area contributed by atoms with Gasteiger partial charge >= 0.3 is 7.25 Å². The molecule has 2 fully saturated rings. The van der Waals surface area contributed by atoms with Crippen LogP contribution in [0.3, 0.4) is 0 Å². The minimum Gasteiger partial charge on any atom is -0.418 e. The van der Waals surface area contributed by atoms with Crippen molar-refractivity contribution in [2.45, 2.75) is 37.6 Å². The molecule has 1 aromatic rings. The summed E-state index contributed by atoms with van der Waals surface area (Å²) < 4.78 is 40.3. The fraction of sp³-hybridized carbons (Fsp3) is 0.600. The van der Waals surface area contributed by atoms with Crippen LogP contribution >= 0.6 is 0 Å². The van der Waals surface area contributed by atoms with Gasteiger partial charge in [-0.25, -0.2) is 0 Å². The van der Waals surface area contributed by atoms with E-state index in [1.807, 2.05) is 0 Å². The lowest BCUT2D eigenvalue weighted by Gasteiger charge is -2.31. The molecule has 0 radical (unpaired) electrons. The topological polar surface area (TPSA) is 0 Å². The molecule has 1 nitrogen and oxygen atoms in total. The monoisotopic (exact) mass is 303 g/mol. The lowest BCUT2D eigenvalue weighted by molar-refractivity contribution is -0.796. The molecule has 0 spiro atoms. The van der Waals surface area contributed by atoms with Crippen LogP contribution in [0.15, 0.2) is 30.3 Å². The predicted octanol–water partition coefficient (Wildman–Crippen LogP) is 4.26. The highest BCUT2D eigenvalue weighted by molar-refractivity contribution is 6.50. The molecule has 0 amide bonds. The molecule has 3 atom stereocenters. The molecule has 0 bridgehead atoms. The molecule has 0 saturated carbocycles. The summed E-state index contributed by atoms with van der Waals surface area (Å²) in [6.45, 7) is 7.59. The van der Waals surface area contributed by atoms with E-state index < -0.39 is 7.25 Å². The van der Waals surface area contributed by atoms with Crippen molar-refractivity contribution in [2.24, 2.45) is 0 Å². The van der Waals surface area contributed by atoms with Crippen LogP contribution in [0.4, 0.5) is 17.3 Å². The highest BCUT2D eigenvalue weighted by atomic mass is 19.5. The molecule has 2 aliphatic heterocycles. The number of hydrogen-bond acceptors (Lipinski definition) is 0. The number of halogens is 4. The molecule has 2 heterocycles. The Hall–Kier alpha value is -1.04. The molecule has 3 rings (SSSR count). The van der Waals surface area contributed by atoms with E-state index in [0.717, 1.165) is 0 Å². The zero-order valence-corrected chi connectivity index (χ0v) is 12.8. The summed E-state index contributed by atoms with van der Waals surface area (Å²) >= 11 is 0. The van der Waals surface area contributed by atoms with Gasteiger partial charge in [0.2, 0.25) is 0 Å². The highest BCUT2D eigenvalue weighted by Crippen LogP contribution is 2.62. The van der Waals surface area contributed by atoms with E-state index >= 15 is 0 Å². The van der Waals surface area contributed by atoms with Gasteiger partial charge < -0.3 is 21.7 Å². The second-order valence-corrected chi connectivity index (χ2v) is 6.60. The number of fused-ring (bicyclic) bond motifs is 1. The molecule has 6 heteroatoms. The van der Waals surface area contributed by atoms with Crippen molar-refractivity contribution >= 4 is 7.25 Å². The Balaban J connectivity index is 0.000000282. The number of benzene rings is 1. The van der Waals surface area contributed by atoms with E-state index in [4.69, 9.17) is 0 Å². The third-order valence-corrected chi connectivity index (χ3v) is 5.74. The van der Waals surface area contributed by atoms with Gasteiger partial charge in [-0.05, 0) is 18.9 Å². The van der Waals surface area contributed by atoms with Crippen LogP contribution < -0.4 is 0 Å². The fourth-order valence-corrected chi connectivity index (χ4v) is 4.32. The Morgan fingerprint density at radius 3 is 2.00 bits per heavy atom. The van der Waals surface area contributed by atoms with Gasteiger partial charge in [0.1, 0.15) is 6.54 Å². The molecular formula is C15H22BF4N. The van der Waals surface area contributed by atoms with Crippen molar-refractivity contribution in [3.8, 4) is 0 Å². The lowest BCUT2D eigenvalue weighted by Crippen LogP contribution is -2.40.